The first kappa shape index (κ1) is 13.8. The second kappa shape index (κ2) is 4.98. The molecule has 0 saturated heterocycles. The number of fused-ring (bicyclic) bond motifs is 3. The van der Waals surface area contributed by atoms with Gasteiger partial charge in [0.05, 0.1) is 16.6 Å². The van der Waals surface area contributed by atoms with Gasteiger partial charge in [0.1, 0.15) is 0 Å². The van der Waals surface area contributed by atoms with Gasteiger partial charge in [0.15, 0.2) is 0 Å². The Hall–Kier alpha value is -2.18. The van der Waals surface area contributed by atoms with Gasteiger partial charge in [-0.1, -0.05) is 24.3 Å². The average molecular weight is 283 g/mol. The van der Waals surface area contributed by atoms with Gasteiger partial charge >= 0.3 is 6.92 Å². The lowest BCUT2D eigenvalue weighted by Crippen LogP contribution is -2.38. The third-order valence-electron chi connectivity index (χ3n) is 4.03. The highest BCUT2D eigenvalue weighted by molar-refractivity contribution is 6.83. The molecule has 0 fully saturated rings. The molecule has 5 nitrogen and oxygen atoms in total. The molecular formula is C15H14BNO4. The summed E-state index contributed by atoms with van der Waals surface area (Å²) >= 11 is 0. The molecule has 0 saturated carbocycles. The smallest absolute Gasteiger partial charge is 0.360 e. The molecule has 3 rings (SSSR count). The van der Waals surface area contributed by atoms with Gasteiger partial charge in [0.25, 0.3) is 5.69 Å². The van der Waals surface area contributed by atoms with Crippen LogP contribution in [0, 0.1) is 10.1 Å². The van der Waals surface area contributed by atoms with Gasteiger partial charge in [0.2, 0.25) is 0 Å². The minimum absolute atomic E-state index is 0.0186. The molecule has 1 aliphatic heterocycles. The summed E-state index contributed by atoms with van der Waals surface area (Å²) < 4.78 is 5.23. The fourth-order valence-electron chi connectivity index (χ4n) is 2.84. The minimum Gasteiger partial charge on any atom is -0.443 e. The van der Waals surface area contributed by atoms with Crippen molar-refractivity contribution < 1.29 is 14.7 Å². The number of hydrogen-bond acceptors (Lipinski definition) is 4. The van der Waals surface area contributed by atoms with E-state index in [1.54, 1.807) is 13.0 Å². The normalized spacial score (nSPS) is 13.8. The van der Waals surface area contributed by atoms with Crippen LogP contribution in [0.1, 0.15) is 18.6 Å². The highest BCUT2D eigenvalue weighted by Gasteiger charge is 2.34. The van der Waals surface area contributed by atoms with Crippen molar-refractivity contribution in [3.63, 3.8) is 0 Å². The predicted octanol–water partition coefficient (Wildman–Crippen LogP) is 1.38. The van der Waals surface area contributed by atoms with Gasteiger partial charge in [-0.2, -0.15) is 0 Å². The number of nitrogens with zero attached hydrogens (tertiary/aromatic N) is 1. The zero-order valence-corrected chi connectivity index (χ0v) is 11.7. The molecule has 106 valence electrons. The van der Waals surface area contributed by atoms with Crippen LogP contribution in [0.4, 0.5) is 5.69 Å². The van der Waals surface area contributed by atoms with Crippen LogP contribution < -0.4 is 10.9 Å². The Bertz CT molecular complexity index is 732. The Morgan fingerprint density at radius 2 is 1.95 bits per heavy atom. The summed E-state index contributed by atoms with van der Waals surface area (Å²) in [6.07, 6.45) is -0.388. The van der Waals surface area contributed by atoms with Gasteiger partial charge in [-0.3, -0.25) is 10.1 Å². The van der Waals surface area contributed by atoms with Crippen molar-refractivity contribution in [2.75, 3.05) is 7.11 Å². The van der Waals surface area contributed by atoms with E-state index in [1.165, 1.54) is 13.2 Å². The second-order valence-electron chi connectivity index (χ2n) is 5.12. The van der Waals surface area contributed by atoms with E-state index in [4.69, 9.17) is 4.74 Å². The van der Waals surface area contributed by atoms with E-state index >= 15 is 0 Å². The highest BCUT2D eigenvalue weighted by Crippen LogP contribution is 2.32. The predicted molar refractivity (Wildman–Crippen MR) is 81.2 cm³/mol. The maximum absolute atomic E-state index is 11.3. The van der Waals surface area contributed by atoms with Crippen molar-refractivity contribution in [2.45, 2.75) is 13.0 Å². The van der Waals surface area contributed by atoms with Crippen LogP contribution in [-0.2, 0) is 4.74 Å². The van der Waals surface area contributed by atoms with Crippen molar-refractivity contribution >= 4 is 23.5 Å². The third-order valence-corrected chi connectivity index (χ3v) is 4.03. The molecule has 0 aliphatic carbocycles. The van der Waals surface area contributed by atoms with Gasteiger partial charge in [0, 0.05) is 13.2 Å². The lowest BCUT2D eigenvalue weighted by Gasteiger charge is -2.13. The van der Waals surface area contributed by atoms with Crippen LogP contribution in [0.2, 0.25) is 0 Å². The summed E-state index contributed by atoms with van der Waals surface area (Å²) in [5, 5.41) is 21.7. The quantitative estimate of drug-likeness (QED) is 0.524. The number of hydrogen-bond donors (Lipinski definition) is 1. The van der Waals surface area contributed by atoms with Gasteiger partial charge in [-0.05, 0) is 35.0 Å². The first-order chi connectivity index (χ1) is 10.0. The Kier molecular flexibility index (Phi) is 3.27. The zero-order valence-electron chi connectivity index (χ0n) is 11.7. The van der Waals surface area contributed by atoms with Crippen LogP contribution in [0.3, 0.4) is 0 Å². The van der Waals surface area contributed by atoms with Crippen LogP contribution in [0.25, 0.3) is 11.1 Å². The Morgan fingerprint density at radius 3 is 2.62 bits per heavy atom. The molecule has 1 heterocycles. The highest BCUT2D eigenvalue weighted by atomic mass is 16.6. The fraction of sp³-hybridized carbons (Fsp3) is 0.200. The summed E-state index contributed by atoms with van der Waals surface area (Å²) in [5.41, 5.74) is 3.61. The van der Waals surface area contributed by atoms with E-state index in [1.807, 2.05) is 24.3 Å². The lowest BCUT2D eigenvalue weighted by molar-refractivity contribution is -0.386. The largest absolute Gasteiger partial charge is 0.443 e. The molecule has 1 aliphatic rings. The van der Waals surface area contributed by atoms with Gasteiger partial charge < -0.3 is 9.76 Å². The molecule has 0 radical (unpaired) electrons. The van der Waals surface area contributed by atoms with Crippen molar-refractivity contribution in [3.05, 3.63) is 52.1 Å². The maximum atomic E-state index is 11.3. The van der Waals surface area contributed by atoms with Crippen molar-refractivity contribution in [1.82, 2.24) is 0 Å². The summed E-state index contributed by atoms with van der Waals surface area (Å²) in [4.78, 5) is 10.9. The summed E-state index contributed by atoms with van der Waals surface area (Å²) in [6.45, 7) is 0.952. The van der Waals surface area contributed by atoms with Gasteiger partial charge in [-0.25, -0.2) is 0 Å². The molecule has 6 heteroatoms. The van der Waals surface area contributed by atoms with E-state index in [2.05, 4.69) is 0 Å². The first-order valence-corrected chi connectivity index (χ1v) is 6.67. The maximum Gasteiger partial charge on any atom is 0.360 e. The van der Waals surface area contributed by atoms with Crippen LogP contribution in [-0.4, -0.2) is 24.0 Å². The molecule has 0 aromatic heterocycles. The number of benzene rings is 2. The summed E-state index contributed by atoms with van der Waals surface area (Å²) in [5.74, 6) is 0. The monoisotopic (exact) mass is 283 g/mol. The van der Waals surface area contributed by atoms with Gasteiger partial charge in [-0.15, -0.1) is 0 Å². The van der Waals surface area contributed by atoms with E-state index < -0.39 is 11.8 Å². The Morgan fingerprint density at radius 1 is 1.24 bits per heavy atom. The molecule has 0 bridgehead atoms. The number of ether oxygens (including phenoxy) is 1. The third kappa shape index (κ3) is 2.04. The number of nitro groups is 1. The summed E-state index contributed by atoms with van der Waals surface area (Å²) in [6, 6.07) is 10.7. The van der Waals surface area contributed by atoms with Crippen LogP contribution >= 0.6 is 0 Å². The number of methoxy groups -OCH3 is 1. The molecule has 1 unspecified atom stereocenters. The molecule has 1 N–H and O–H groups in total. The lowest BCUT2D eigenvalue weighted by atomic mass is 9.59. The topological polar surface area (TPSA) is 72.6 Å². The number of nitro benzene ring substituents is 1. The van der Waals surface area contributed by atoms with E-state index in [0.29, 0.717) is 11.0 Å². The zero-order chi connectivity index (χ0) is 15.1. The molecule has 21 heavy (non-hydrogen) atoms. The first-order valence-electron chi connectivity index (χ1n) is 6.67. The number of rotatable bonds is 3. The second-order valence-corrected chi connectivity index (χ2v) is 5.12. The molecule has 2 aromatic rings. The molecular weight excluding hydrogens is 269 g/mol. The van der Waals surface area contributed by atoms with E-state index in [-0.39, 0.29) is 11.8 Å². The molecule has 1 atom stereocenters. The Labute approximate surface area is 122 Å². The van der Waals surface area contributed by atoms with Crippen LogP contribution in [0.15, 0.2) is 36.4 Å². The minimum atomic E-state index is -0.818. The Balaban J connectivity index is 2.27. The molecule has 0 amide bonds. The van der Waals surface area contributed by atoms with E-state index in [9.17, 15) is 15.1 Å². The molecule has 2 aromatic carbocycles. The summed E-state index contributed by atoms with van der Waals surface area (Å²) in [7, 11) is 1.52. The standard InChI is InChI=1S/C15H14BNO4/c1-9(21-2)11-7-12-10-5-3-4-6-13(10)16(18)14(12)8-15(11)17(19)20/h3-9,18H,1-2H3. The van der Waals surface area contributed by atoms with E-state index in [0.717, 1.165) is 16.6 Å². The SMILES string of the molecule is COC(C)c1cc2c(cc1[N+](=O)[O-])B(O)c1ccccc1-2. The average Bonchev–Trinajstić information content (AvgIpc) is 2.78. The fourth-order valence-corrected chi connectivity index (χ4v) is 2.84. The van der Waals surface area contributed by atoms with Crippen molar-refractivity contribution in [2.24, 2.45) is 0 Å². The van der Waals surface area contributed by atoms with Crippen molar-refractivity contribution in [3.8, 4) is 11.1 Å². The molecule has 0 spiro atoms. The van der Waals surface area contributed by atoms with Crippen LogP contribution in [0.5, 0.6) is 0 Å². The van der Waals surface area contributed by atoms with Crippen molar-refractivity contribution in [1.29, 1.82) is 0 Å².